The molecule has 1 spiro atoms. The van der Waals surface area contributed by atoms with E-state index < -0.39 is 12.1 Å². The number of carbonyl (C=O) groups is 2. The van der Waals surface area contributed by atoms with Crippen LogP contribution in [-0.2, 0) is 9.53 Å². The molecule has 3 rings (SSSR count). The van der Waals surface area contributed by atoms with Gasteiger partial charge in [-0.3, -0.25) is 4.79 Å². The number of amides is 1. The lowest BCUT2D eigenvalue weighted by atomic mass is 9.82. The van der Waals surface area contributed by atoms with Crippen LogP contribution in [0.2, 0.25) is 0 Å². The Morgan fingerprint density at radius 3 is 2.39 bits per heavy atom. The van der Waals surface area contributed by atoms with Gasteiger partial charge in [0.2, 0.25) is 0 Å². The number of thiophene rings is 1. The van der Waals surface area contributed by atoms with Crippen molar-refractivity contribution < 1.29 is 32.6 Å². The van der Waals surface area contributed by atoms with E-state index in [2.05, 4.69) is 19.0 Å². The zero-order valence-electron chi connectivity index (χ0n) is 15.9. The molecule has 0 radical (unpaired) electrons. The molecular formula is C18H25F3N2O4S. The van der Waals surface area contributed by atoms with Crippen LogP contribution in [0, 0.1) is 0 Å². The largest absolute Gasteiger partial charge is 0.490 e. The second-order valence-electron chi connectivity index (χ2n) is 7.25. The maximum Gasteiger partial charge on any atom is 0.490 e. The maximum atomic E-state index is 12.4. The number of carboxylic acids is 1. The van der Waals surface area contributed by atoms with Crippen molar-refractivity contribution >= 4 is 23.2 Å². The van der Waals surface area contributed by atoms with Crippen molar-refractivity contribution in [2.45, 2.75) is 43.5 Å². The summed E-state index contributed by atoms with van der Waals surface area (Å²) in [5, 5.41) is 11.0. The van der Waals surface area contributed by atoms with Gasteiger partial charge in [-0.05, 0) is 51.2 Å². The summed E-state index contributed by atoms with van der Waals surface area (Å²) >= 11 is 1.58. The molecule has 1 aromatic rings. The highest BCUT2D eigenvalue weighted by molar-refractivity contribution is 7.08. The van der Waals surface area contributed by atoms with Crippen molar-refractivity contribution in [1.82, 2.24) is 9.80 Å². The first-order chi connectivity index (χ1) is 13.0. The predicted octanol–water partition coefficient (Wildman–Crippen LogP) is 3.10. The minimum Gasteiger partial charge on any atom is -0.475 e. The summed E-state index contributed by atoms with van der Waals surface area (Å²) < 4.78 is 37.9. The van der Waals surface area contributed by atoms with Crippen LogP contribution in [0.5, 0.6) is 0 Å². The normalized spacial score (nSPS) is 21.9. The summed E-state index contributed by atoms with van der Waals surface area (Å²) in [5.41, 5.74) is 0.824. The SMILES string of the molecule is CN(C)C1CCOC2(CCN(C(=O)c3ccsc3)CC2)C1.O=C(O)C(F)(F)F. The van der Waals surface area contributed by atoms with Gasteiger partial charge >= 0.3 is 12.1 Å². The van der Waals surface area contributed by atoms with Crippen LogP contribution in [0.4, 0.5) is 13.2 Å². The summed E-state index contributed by atoms with van der Waals surface area (Å²) in [6.07, 6.45) is -0.937. The molecule has 1 aromatic heterocycles. The van der Waals surface area contributed by atoms with E-state index >= 15 is 0 Å². The number of ether oxygens (including phenoxy) is 1. The fourth-order valence-corrected chi connectivity index (χ4v) is 4.11. The first-order valence-corrected chi connectivity index (χ1v) is 9.90. The number of nitrogens with zero attached hydrogens (tertiary/aromatic N) is 2. The number of rotatable bonds is 2. The van der Waals surface area contributed by atoms with Gasteiger partial charge in [0, 0.05) is 31.1 Å². The van der Waals surface area contributed by atoms with Gasteiger partial charge in [-0.15, -0.1) is 0 Å². The van der Waals surface area contributed by atoms with Crippen LogP contribution in [0.3, 0.4) is 0 Å². The van der Waals surface area contributed by atoms with E-state index in [9.17, 15) is 18.0 Å². The lowest BCUT2D eigenvalue weighted by Gasteiger charge is -2.47. The molecule has 2 aliphatic heterocycles. The molecule has 0 aromatic carbocycles. The molecular weight excluding hydrogens is 397 g/mol. The first kappa shape index (κ1) is 22.6. The summed E-state index contributed by atoms with van der Waals surface area (Å²) in [4.78, 5) is 25.6. The molecule has 1 unspecified atom stereocenters. The zero-order chi connectivity index (χ0) is 20.9. The molecule has 6 nitrogen and oxygen atoms in total. The van der Waals surface area contributed by atoms with Gasteiger partial charge in [0.1, 0.15) is 0 Å². The minimum absolute atomic E-state index is 0.00138. The van der Waals surface area contributed by atoms with Crippen molar-refractivity contribution in [3.8, 4) is 0 Å². The molecule has 2 aliphatic rings. The highest BCUT2D eigenvalue weighted by Gasteiger charge is 2.41. The smallest absolute Gasteiger partial charge is 0.475 e. The number of halogens is 3. The van der Waals surface area contributed by atoms with Gasteiger partial charge < -0.3 is 19.6 Å². The molecule has 0 saturated carbocycles. The first-order valence-electron chi connectivity index (χ1n) is 8.96. The maximum absolute atomic E-state index is 12.4. The molecule has 0 aliphatic carbocycles. The van der Waals surface area contributed by atoms with Crippen LogP contribution < -0.4 is 0 Å². The third kappa shape index (κ3) is 5.92. The van der Waals surface area contributed by atoms with Crippen molar-refractivity contribution in [2.75, 3.05) is 33.8 Å². The second-order valence-corrected chi connectivity index (χ2v) is 8.03. The molecule has 10 heteroatoms. The van der Waals surface area contributed by atoms with E-state index in [1.807, 2.05) is 21.7 Å². The Hall–Kier alpha value is -1.65. The average molecular weight is 422 g/mol. The molecule has 0 bridgehead atoms. The number of aliphatic carboxylic acids is 1. The van der Waals surface area contributed by atoms with Gasteiger partial charge in [0.05, 0.1) is 11.2 Å². The predicted molar refractivity (Wildman–Crippen MR) is 98.5 cm³/mol. The van der Waals surface area contributed by atoms with E-state index in [0.717, 1.165) is 50.9 Å². The summed E-state index contributed by atoms with van der Waals surface area (Å²) in [5.74, 6) is -2.58. The number of alkyl halides is 3. The summed E-state index contributed by atoms with van der Waals surface area (Å²) in [6.45, 7) is 2.48. The molecule has 2 saturated heterocycles. The molecule has 28 heavy (non-hydrogen) atoms. The number of likely N-dealkylation sites (tertiary alicyclic amines) is 1. The minimum atomic E-state index is -5.08. The van der Waals surface area contributed by atoms with Crippen molar-refractivity contribution in [2.24, 2.45) is 0 Å². The van der Waals surface area contributed by atoms with Crippen LogP contribution in [0.1, 0.15) is 36.0 Å². The van der Waals surface area contributed by atoms with Crippen LogP contribution in [0.25, 0.3) is 0 Å². The third-order valence-corrected chi connectivity index (χ3v) is 5.85. The summed E-state index contributed by atoms with van der Waals surface area (Å²) in [6, 6.07) is 2.52. The lowest BCUT2D eigenvalue weighted by molar-refractivity contribution is -0.192. The molecule has 158 valence electrons. The van der Waals surface area contributed by atoms with Gasteiger partial charge in [-0.25, -0.2) is 4.79 Å². The van der Waals surface area contributed by atoms with E-state index in [-0.39, 0.29) is 11.5 Å². The van der Waals surface area contributed by atoms with Gasteiger partial charge in [-0.1, -0.05) is 0 Å². The monoisotopic (exact) mass is 422 g/mol. The van der Waals surface area contributed by atoms with E-state index in [1.165, 1.54) is 0 Å². The Balaban J connectivity index is 0.000000345. The standard InChI is InChI=1S/C16H24N2O2S.C2HF3O2/c1-17(2)14-3-9-20-16(11-14)5-7-18(8-6-16)15(19)13-4-10-21-12-13;3-2(4,5)1(6)7/h4,10,12,14H,3,5-9,11H2,1-2H3;(H,6,7). The zero-order valence-corrected chi connectivity index (χ0v) is 16.7. The Labute approximate surface area is 165 Å². The van der Waals surface area contributed by atoms with Gasteiger partial charge in [-0.2, -0.15) is 24.5 Å². The Bertz CT molecular complexity index is 656. The van der Waals surface area contributed by atoms with E-state index in [0.29, 0.717) is 6.04 Å². The number of carboxylic acid groups (broad SMARTS) is 1. The van der Waals surface area contributed by atoms with Gasteiger partial charge in [0.15, 0.2) is 0 Å². The third-order valence-electron chi connectivity index (χ3n) is 5.17. The van der Waals surface area contributed by atoms with Crippen LogP contribution in [-0.4, -0.2) is 78.4 Å². The Kier molecular flexibility index (Phi) is 7.46. The number of piperidine rings is 1. The van der Waals surface area contributed by atoms with Crippen LogP contribution >= 0.6 is 11.3 Å². The van der Waals surface area contributed by atoms with Crippen LogP contribution in [0.15, 0.2) is 16.8 Å². The van der Waals surface area contributed by atoms with Crippen molar-refractivity contribution in [1.29, 1.82) is 0 Å². The Morgan fingerprint density at radius 1 is 1.32 bits per heavy atom. The molecule has 3 heterocycles. The number of carbonyl (C=O) groups excluding carboxylic acids is 1. The average Bonchev–Trinajstić information content (AvgIpc) is 3.16. The lowest BCUT2D eigenvalue weighted by Crippen LogP contribution is -2.53. The van der Waals surface area contributed by atoms with E-state index in [1.54, 1.807) is 11.3 Å². The highest BCUT2D eigenvalue weighted by atomic mass is 32.1. The molecule has 2 fully saturated rings. The quantitative estimate of drug-likeness (QED) is 0.793. The fourth-order valence-electron chi connectivity index (χ4n) is 3.48. The highest BCUT2D eigenvalue weighted by Crippen LogP contribution is 2.36. The molecule has 1 amide bonds. The van der Waals surface area contributed by atoms with Crippen molar-refractivity contribution in [3.63, 3.8) is 0 Å². The summed E-state index contributed by atoms with van der Waals surface area (Å²) in [7, 11) is 4.30. The van der Waals surface area contributed by atoms with E-state index in [4.69, 9.17) is 14.6 Å². The number of hydrogen-bond donors (Lipinski definition) is 1. The fraction of sp³-hybridized carbons (Fsp3) is 0.667. The van der Waals surface area contributed by atoms with Gasteiger partial charge in [0.25, 0.3) is 5.91 Å². The topological polar surface area (TPSA) is 70.1 Å². The molecule has 1 atom stereocenters. The Morgan fingerprint density at radius 2 is 1.93 bits per heavy atom. The number of hydrogen-bond acceptors (Lipinski definition) is 5. The second kappa shape index (κ2) is 9.23. The molecule has 1 N–H and O–H groups in total. The van der Waals surface area contributed by atoms with Crippen molar-refractivity contribution in [3.05, 3.63) is 22.4 Å².